The third-order valence-electron chi connectivity index (χ3n) is 5.04. The fourth-order valence-electron chi connectivity index (χ4n) is 3.67. The molecular formula is C17H23NO. The van der Waals surface area contributed by atoms with Crippen LogP contribution in [0.25, 0.3) is 0 Å². The van der Waals surface area contributed by atoms with Crippen LogP contribution in [0, 0.1) is 11.8 Å². The molecular weight excluding hydrogens is 234 g/mol. The summed E-state index contributed by atoms with van der Waals surface area (Å²) >= 11 is 0. The molecule has 1 saturated carbocycles. The molecule has 2 aliphatic carbocycles. The molecule has 1 aromatic rings. The molecule has 0 radical (unpaired) electrons. The van der Waals surface area contributed by atoms with Crippen LogP contribution in [0.4, 0.5) is 0 Å². The number of fused-ring (bicyclic) bond motifs is 1. The van der Waals surface area contributed by atoms with Crippen molar-refractivity contribution < 1.29 is 4.79 Å². The lowest BCUT2D eigenvalue weighted by molar-refractivity contribution is -0.124. The minimum Gasteiger partial charge on any atom is -0.330 e. The van der Waals surface area contributed by atoms with Crippen LogP contribution in [0.15, 0.2) is 24.3 Å². The van der Waals surface area contributed by atoms with Crippen LogP contribution < -0.4 is 5.73 Å². The first-order chi connectivity index (χ1) is 9.28. The van der Waals surface area contributed by atoms with Gasteiger partial charge in [-0.3, -0.25) is 4.79 Å². The van der Waals surface area contributed by atoms with Gasteiger partial charge >= 0.3 is 0 Å². The molecule has 0 amide bonds. The lowest BCUT2D eigenvalue weighted by Gasteiger charge is -2.32. The molecule has 1 atom stereocenters. The summed E-state index contributed by atoms with van der Waals surface area (Å²) in [5.41, 5.74) is 8.55. The van der Waals surface area contributed by atoms with E-state index in [9.17, 15) is 4.79 Å². The molecule has 2 N–H and O–H groups in total. The van der Waals surface area contributed by atoms with Crippen molar-refractivity contribution in [1.82, 2.24) is 0 Å². The summed E-state index contributed by atoms with van der Waals surface area (Å²) in [5.74, 6) is 1.97. The van der Waals surface area contributed by atoms with Gasteiger partial charge in [0.15, 0.2) is 0 Å². The van der Waals surface area contributed by atoms with Gasteiger partial charge in [-0.2, -0.15) is 0 Å². The molecule has 1 unspecified atom stereocenters. The highest BCUT2D eigenvalue weighted by atomic mass is 16.1. The number of Topliss-reactive ketones (excluding diaryl/α,β-unsaturated/α-hetero) is 1. The van der Waals surface area contributed by atoms with Gasteiger partial charge < -0.3 is 5.73 Å². The van der Waals surface area contributed by atoms with Gasteiger partial charge in [0, 0.05) is 12.3 Å². The zero-order valence-corrected chi connectivity index (χ0v) is 11.5. The molecule has 2 nitrogen and oxygen atoms in total. The Bertz CT molecular complexity index is 460. The third kappa shape index (κ3) is 2.59. The van der Waals surface area contributed by atoms with E-state index < -0.39 is 0 Å². The number of benzene rings is 1. The topological polar surface area (TPSA) is 43.1 Å². The Morgan fingerprint density at radius 1 is 1.16 bits per heavy atom. The highest BCUT2D eigenvalue weighted by Gasteiger charge is 2.31. The maximum absolute atomic E-state index is 12.4. The Labute approximate surface area is 115 Å². The van der Waals surface area contributed by atoms with E-state index >= 15 is 0 Å². The standard InChI is InChI=1S/C17H23NO/c18-11-12-5-7-13(8-6-12)17(19)10-15-9-14-3-1-2-4-16(14)15/h1-4,12-13,15H,5-11,18H2. The Balaban J connectivity index is 1.53. The lowest BCUT2D eigenvalue weighted by Crippen LogP contribution is -2.28. The monoisotopic (exact) mass is 257 g/mol. The Morgan fingerprint density at radius 3 is 2.58 bits per heavy atom. The molecule has 19 heavy (non-hydrogen) atoms. The molecule has 0 heterocycles. The molecule has 0 bridgehead atoms. The Hall–Kier alpha value is -1.15. The van der Waals surface area contributed by atoms with Crippen LogP contribution in [-0.2, 0) is 11.2 Å². The van der Waals surface area contributed by atoms with Crippen LogP contribution in [-0.4, -0.2) is 12.3 Å². The molecule has 2 aliphatic rings. The highest BCUT2D eigenvalue weighted by Crippen LogP contribution is 2.39. The summed E-state index contributed by atoms with van der Waals surface area (Å²) in [6.45, 7) is 0.789. The summed E-state index contributed by atoms with van der Waals surface area (Å²) in [5, 5.41) is 0. The summed E-state index contributed by atoms with van der Waals surface area (Å²) in [6.07, 6.45) is 6.28. The molecule has 0 saturated heterocycles. The van der Waals surface area contributed by atoms with Gasteiger partial charge in [-0.1, -0.05) is 24.3 Å². The van der Waals surface area contributed by atoms with Gasteiger partial charge in [0.1, 0.15) is 5.78 Å². The van der Waals surface area contributed by atoms with Crippen molar-refractivity contribution in [3.05, 3.63) is 35.4 Å². The minimum atomic E-state index is 0.315. The van der Waals surface area contributed by atoms with E-state index in [0.29, 0.717) is 23.5 Å². The van der Waals surface area contributed by atoms with Crippen molar-refractivity contribution in [3.63, 3.8) is 0 Å². The van der Waals surface area contributed by atoms with Gasteiger partial charge in [-0.25, -0.2) is 0 Å². The second-order valence-electron chi connectivity index (χ2n) is 6.22. The first-order valence-electron chi connectivity index (χ1n) is 7.58. The minimum absolute atomic E-state index is 0.315. The number of hydrogen-bond donors (Lipinski definition) is 1. The normalized spacial score (nSPS) is 29.4. The van der Waals surface area contributed by atoms with Crippen LogP contribution in [0.2, 0.25) is 0 Å². The van der Waals surface area contributed by atoms with Crippen molar-refractivity contribution in [1.29, 1.82) is 0 Å². The summed E-state index contributed by atoms with van der Waals surface area (Å²) in [4.78, 5) is 12.4. The Morgan fingerprint density at radius 2 is 1.89 bits per heavy atom. The maximum Gasteiger partial charge on any atom is 0.136 e. The maximum atomic E-state index is 12.4. The molecule has 102 valence electrons. The van der Waals surface area contributed by atoms with E-state index in [1.165, 1.54) is 11.1 Å². The summed E-state index contributed by atoms with van der Waals surface area (Å²) < 4.78 is 0. The van der Waals surface area contributed by atoms with Crippen molar-refractivity contribution >= 4 is 5.78 Å². The fraction of sp³-hybridized carbons (Fsp3) is 0.588. The number of ketones is 1. The third-order valence-corrected chi connectivity index (χ3v) is 5.04. The Kier molecular flexibility index (Phi) is 3.69. The zero-order valence-electron chi connectivity index (χ0n) is 11.5. The smallest absolute Gasteiger partial charge is 0.136 e. The van der Waals surface area contributed by atoms with E-state index in [0.717, 1.165) is 45.1 Å². The van der Waals surface area contributed by atoms with Crippen LogP contribution >= 0.6 is 0 Å². The second kappa shape index (κ2) is 5.46. The molecule has 1 fully saturated rings. The lowest BCUT2D eigenvalue weighted by atomic mass is 9.72. The van der Waals surface area contributed by atoms with Crippen LogP contribution in [0.1, 0.15) is 49.1 Å². The summed E-state index contributed by atoms with van der Waals surface area (Å²) in [7, 11) is 0. The van der Waals surface area contributed by atoms with Gasteiger partial charge in [0.05, 0.1) is 0 Å². The number of nitrogens with two attached hydrogens (primary N) is 1. The quantitative estimate of drug-likeness (QED) is 0.901. The van der Waals surface area contributed by atoms with Gasteiger partial charge in [0.2, 0.25) is 0 Å². The van der Waals surface area contributed by atoms with E-state index in [4.69, 9.17) is 5.73 Å². The van der Waals surface area contributed by atoms with Crippen LogP contribution in [0.5, 0.6) is 0 Å². The molecule has 3 rings (SSSR count). The second-order valence-corrected chi connectivity index (χ2v) is 6.22. The van der Waals surface area contributed by atoms with Crippen molar-refractivity contribution in [2.75, 3.05) is 6.54 Å². The van der Waals surface area contributed by atoms with E-state index in [2.05, 4.69) is 24.3 Å². The zero-order chi connectivity index (χ0) is 13.2. The number of carbonyl (C=O) groups is 1. The van der Waals surface area contributed by atoms with Crippen molar-refractivity contribution in [3.8, 4) is 0 Å². The molecule has 1 aromatic carbocycles. The number of hydrogen-bond acceptors (Lipinski definition) is 2. The largest absolute Gasteiger partial charge is 0.330 e. The van der Waals surface area contributed by atoms with Gasteiger partial charge in [-0.05, 0) is 61.6 Å². The first kappa shape index (κ1) is 12.9. The van der Waals surface area contributed by atoms with E-state index in [-0.39, 0.29) is 0 Å². The van der Waals surface area contributed by atoms with Crippen molar-refractivity contribution in [2.24, 2.45) is 17.6 Å². The average molecular weight is 257 g/mol. The summed E-state index contributed by atoms with van der Waals surface area (Å²) in [6, 6.07) is 8.54. The molecule has 0 aromatic heterocycles. The molecule has 2 heteroatoms. The SMILES string of the molecule is NCC1CCC(C(=O)CC2Cc3ccccc32)CC1. The predicted octanol–water partition coefficient (Wildman–Crippen LogP) is 3.05. The van der Waals surface area contributed by atoms with Gasteiger partial charge in [-0.15, -0.1) is 0 Å². The predicted molar refractivity (Wildman–Crippen MR) is 77.0 cm³/mol. The fourth-order valence-corrected chi connectivity index (χ4v) is 3.67. The highest BCUT2D eigenvalue weighted by molar-refractivity contribution is 5.82. The molecule has 0 spiro atoms. The average Bonchev–Trinajstić information content (AvgIpc) is 2.44. The first-order valence-corrected chi connectivity index (χ1v) is 7.58. The van der Waals surface area contributed by atoms with Crippen molar-refractivity contribution in [2.45, 2.75) is 44.4 Å². The van der Waals surface area contributed by atoms with E-state index in [1.807, 2.05) is 0 Å². The number of carbonyl (C=O) groups excluding carboxylic acids is 1. The van der Waals surface area contributed by atoms with Crippen LogP contribution in [0.3, 0.4) is 0 Å². The van der Waals surface area contributed by atoms with Gasteiger partial charge in [0.25, 0.3) is 0 Å². The van der Waals surface area contributed by atoms with E-state index in [1.54, 1.807) is 0 Å². The molecule has 0 aliphatic heterocycles. The number of rotatable bonds is 4.